The van der Waals surface area contributed by atoms with Crippen molar-refractivity contribution in [2.45, 2.75) is 18.6 Å². The molecule has 3 heterocycles. The highest BCUT2D eigenvalue weighted by Gasteiger charge is 2.42. The van der Waals surface area contributed by atoms with Crippen LogP contribution in [0, 0.1) is 5.92 Å². The van der Waals surface area contributed by atoms with E-state index < -0.39 is 17.7 Å². The summed E-state index contributed by atoms with van der Waals surface area (Å²) in [7, 11) is 0. The van der Waals surface area contributed by atoms with Crippen molar-refractivity contribution in [3.63, 3.8) is 0 Å². The Morgan fingerprint density at radius 2 is 1.80 bits per heavy atom. The van der Waals surface area contributed by atoms with Gasteiger partial charge in [0.15, 0.2) is 0 Å². The van der Waals surface area contributed by atoms with E-state index in [0.717, 1.165) is 43.6 Å². The fourth-order valence-electron chi connectivity index (χ4n) is 5.47. The van der Waals surface area contributed by atoms with Crippen molar-refractivity contribution in [1.82, 2.24) is 10.2 Å². The molecule has 35 heavy (non-hydrogen) atoms. The predicted octanol–water partition coefficient (Wildman–Crippen LogP) is 3.02. The number of hydrogen-bond donors (Lipinski definition) is 1. The normalized spacial score (nSPS) is 22.9. The second kappa shape index (κ2) is 10.1. The highest BCUT2D eigenvalue weighted by molar-refractivity contribution is 5.82. The van der Waals surface area contributed by atoms with Gasteiger partial charge in [-0.1, -0.05) is 18.2 Å². The van der Waals surface area contributed by atoms with Gasteiger partial charge in [-0.2, -0.15) is 13.2 Å². The largest absolute Gasteiger partial charge is 0.416 e. The van der Waals surface area contributed by atoms with Gasteiger partial charge < -0.3 is 19.9 Å². The Balaban J connectivity index is 1.36. The van der Waals surface area contributed by atoms with E-state index in [4.69, 9.17) is 4.74 Å². The van der Waals surface area contributed by atoms with Crippen molar-refractivity contribution < 1.29 is 22.7 Å². The molecular formula is C26H31F3N4O2. The molecule has 0 bridgehead atoms. The van der Waals surface area contributed by atoms with E-state index in [1.807, 2.05) is 18.2 Å². The van der Waals surface area contributed by atoms with E-state index in [1.54, 1.807) is 6.07 Å². The molecule has 0 saturated carbocycles. The lowest BCUT2D eigenvalue weighted by Crippen LogP contribution is -2.61. The van der Waals surface area contributed by atoms with Crippen molar-refractivity contribution >= 4 is 17.3 Å². The van der Waals surface area contributed by atoms with E-state index in [9.17, 15) is 18.0 Å². The van der Waals surface area contributed by atoms with Crippen LogP contribution in [0.2, 0.25) is 0 Å². The Bertz CT molecular complexity index is 1030. The maximum absolute atomic E-state index is 13.4. The van der Waals surface area contributed by atoms with Crippen LogP contribution in [0.5, 0.6) is 0 Å². The summed E-state index contributed by atoms with van der Waals surface area (Å²) in [4.78, 5) is 20.1. The van der Waals surface area contributed by atoms with Crippen LogP contribution in [0.25, 0.3) is 0 Å². The zero-order valence-corrected chi connectivity index (χ0v) is 19.6. The number of rotatable bonds is 5. The first-order chi connectivity index (χ1) is 16.9. The molecular weight excluding hydrogens is 457 g/mol. The number of carbonyl (C=O) groups excluding carboxylic acids is 1. The molecule has 0 spiro atoms. The summed E-state index contributed by atoms with van der Waals surface area (Å²) >= 11 is 0. The molecule has 6 nitrogen and oxygen atoms in total. The Morgan fingerprint density at radius 3 is 2.54 bits per heavy atom. The van der Waals surface area contributed by atoms with E-state index in [1.165, 1.54) is 6.07 Å². The van der Waals surface area contributed by atoms with Crippen LogP contribution >= 0.6 is 0 Å². The zero-order chi connectivity index (χ0) is 24.4. The number of piperazine rings is 1. The standard InChI is InChI=1S/C26H31F3N4O2/c27-26(28,29)20-6-7-23-19(16-20)17-22(25(34)30-8-9-31-12-14-35-15-13-31)24-18-32(10-11-33(23)24)21-4-2-1-3-5-21/h1-7,16,22,24H,8-15,17-18H2,(H,30,34)/t22-,24+/m1/s1. The Labute approximate surface area is 203 Å². The van der Waals surface area contributed by atoms with Gasteiger partial charge in [0.05, 0.1) is 30.7 Å². The van der Waals surface area contributed by atoms with E-state index >= 15 is 0 Å². The van der Waals surface area contributed by atoms with Crippen LogP contribution in [0.1, 0.15) is 11.1 Å². The smallest absolute Gasteiger partial charge is 0.379 e. The molecule has 1 N–H and O–H groups in total. The molecule has 2 fully saturated rings. The topological polar surface area (TPSA) is 48.1 Å². The van der Waals surface area contributed by atoms with Crippen molar-refractivity contribution in [2.75, 3.05) is 68.8 Å². The molecule has 0 aliphatic carbocycles. The number of fused-ring (bicyclic) bond motifs is 3. The van der Waals surface area contributed by atoms with Crippen molar-refractivity contribution in [3.8, 4) is 0 Å². The number of hydrogen-bond acceptors (Lipinski definition) is 5. The van der Waals surface area contributed by atoms with Gasteiger partial charge in [-0.25, -0.2) is 0 Å². The number of benzene rings is 2. The van der Waals surface area contributed by atoms with Gasteiger partial charge in [0.2, 0.25) is 5.91 Å². The molecule has 188 valence electrons. The molecule has 1 amide bonds. The molecule has 9 heteroatoms. The van der Waals surface area contributed by atoms with Gasteiger partial charge in [-0.05, 0) is 42.3 Å². The lowest BCUT2D eigenvalue weighted by molar-refractivity contribution is -0.137. The average Bonchev–Trinajstić information content (AvgIpc) is 2.88. The fraction of sp³-hybridized carbons (Fsp3) is 0.500. The zero-order valence-electron chi connectivity index (χ0n) is 19.6. The van der Waals surface area contributed by atoms with E-state index in [-0.39, 0.29) is 11.9 Å². The fourth-order valence-corrected chi connectivity index (χ4v) is 5.47. The SMILES string of the molecule is O=C(NCCN1CCOCC1)[C@@H]1Cc2cc(C(F)(F)F)ccc2N2CCN(c3ccccc3)C[C@@H]12. The first-order valence-electron chi connectivity index (χ1n) is 12.2. The molecule has 2 saturated heterocycles. The maximum atomic E-state index is 13.4. The number of nitrogens with one attached hydrogen (secondary N) is 1. The molecule has 3 aliphatic rings. The quantitative estimate of drug-likeness (QED) is 0.701. The number of ether oxygens (including phenoxy) is 1. The van der Waals surface area contributed by atoms with Crippen LogP contribution in [-0.2, 0) is 22.1 Å². The highest BCUT2D eigenvalue weighted by Crippen LogP contribution is 2.40. The summed E-state index contributed by atoms with van der Waals surface area (Å²) < 4.78 is 45.6. The summed E-state index contributed by atoms with van der Waals surface area (Å²) in [5.74, 6) is -0.520. The Morgan fingerprint density at radius 1 is 1.03 bits per heavy atom. The van der Waals surface area contributed by atoms with Gasteiger partial charge in [0.1, 0.15) is 0 Å². The molecule has 0 unspecified atom stereocenters. The third kappa shape index (κ3) is 5.26. The van der Waals surface area contributed by atoms with Crippen LogP contribution < -0.4 is 15.1 Å². The van der Waals surface area contributed by atoms with Crippen LogP contribution in [0.4, 0.5) is 24.5 Å². The molecule has 2 atom stereocenters. The summed E-state index contributed by atoms with van der Waals surface area (Å²) in [6.45, 7) is 6.36. The molecule has 0 radical (unpaired) electrons. The summed E-state index contributed by atoms with van der Waals surface area (Å²) in [6.07, 6.45) is -4.11. The monoisotopic (exact) mass is 488 g/mol. The van der Waals surface area contributed by atoms with Gasteiger partial charge in [-0.3, -0.25) is 9.69 Å². The van der Waals surface area contributed by atoms with E-state index in [0.29, 0.717) is 44.8 Å². The summed E-state index contributed by atoms with van der Waals surface area (Å²) in [5.41, 5.74) is 1.84. The summed E-state index contributed by atoms with van der Waals surface area (Å²) in [5, 5.41) is 3.07. The number of amides is 1. The van der Waals surface area contributed by atoms with E-state index in [2.05, 4.69) is 32.1 Å². The number of halogens is 3. The highest BCUT2D eigenvalue weighted by atomic mass is 19.4. The lowest BCUT2D eigenvalue weighted by atomic mass is 9.82. The van der Waals surface area contributed by atoms with Crippen molar-refractivity contribution in [2.24, 2.45) is 5.92 Å². The predicted molar refractivity (Wildman–Crippen MR) is 129 cm³/mol. The van der Waals surface area contributed by atoms with Crippen LogP contribution in [0.15, 0.2) is 48.5 Å². The minimum absolute atomic E-state index is 0.0915. The number of alkyl halides is 3. The second-order valence-electron chi connectivity index (χ2n) is 9.44. The van der Waals surface area contributed by atoms with Crippen LogP contribution in [0.3, 0.4) is 0 Å². The number of para-hydroxylation sites is 1. The molecule has 3 aliphatic heterocycles. The first-order valence-corrected chi connectivity index (χ1v) is 12.2. The molecule has 2 aromatic carbocycles. The Kier molecular flexibility index (Phi) is 6.88. The average molecular weight is 489 g/mol. The molecule has 2 aromatic rings. The van der Waals surface area contributed by atoms with Crippen molar-refractivity contribution in [1.29, 1.82) is 0 Å². The maximum Gasteiger partial charge on any atom is 0.416 e. The van der Waals surface area contributed by atoms with Crippen LogP contribution in [-0.4, -0.2) is 75.9 Å². The van der Waals surface area contributed by atoms with Gasteiger partial charge in [-0.15, -0.1) is 0 Å². The second-order valence-corrected chi connectivity index (χ2v) is 9.44. The minimum atomic E-state index is -4.41. The number of nitrogens with zero attached hydrogens (tertiary/aromatic N) is 3. The number of morpholine rings is 1. The van der Waals surface area contributed by atoms with Crippen molar-refractivity contribution in [3.05, 3.63) is 59.7 Å². The van der Waals surface area contributed by atoms with Gasteiger partial charge in [0, 0.05) is 57.2 Å². The summed E-state index contributed by atoms with van der Waals surface area (Å²) in [6, 6.07) is 13.9. The van der Waals surface area contributed by atoms with Gasteiger partial charge in [0.25, 0.3) is 0 Å². The Hall–Kier alpha value is -2.78. The number of carbonyl (C=O) groups is 1. The molecule has 5 rings (SSSR count). The number of anilines is 2. The first kappa shape index (κ1) is 23.9. The lowest BCUT2D eigenvalue weighted by Gasteiger charge is -2.49. The van der Waals surface area contributed by atoms with Gasteiger partial charge >= 0.3 is 6.18 Å². The third-order valence-corrected chi connectivity index (χ3v) is 7.33. The minimum Gasteiger partial charge on any atom is -0.379 e. The molecule has 0 aromatic heterocycles. The third-order valence-electron chi connectivity index (χ3n) is 7.33.